The molecule has 0 aromatic rings. The third-order valence-electron chi connectivity index (χ3n) is 3.79. The van der Waals surface area contributed by atoms with Crippen molar-refractivity contribution in [3.05, 3.63) is 23.3 Å². The van der Waals surface area contributed by atoms with Crippen molar-refractivity contribution in [2.45, 2.75) is 38.5 Å². The lowest BCUT2D eigenvalue weighted by molar-refractivity contribution is 0.353. The van der Waals surface area contributed by atoms with Gasteiger partial charge in [0, 0.05) is 0 Å². The molecule has 4 heteroatoms. The van der Waals surface area contributed by atoms with E-state index in [-0.39, 0.29) is 23.0 Å². The van der Waals surface area contributed by atoms with Crippen molar-refractivity contribution in [3.8, 4) is 0 Å². The molecule has 0 spiro atoms. The second-order valence-corrected chi connectivity index (χ2v) is 4.57. The Bertz CT molecular complexity index is 301. The second-order valence-electron chi connectivity index (χ2n) is 4.57. The molecule has 0 N–H and O–H groups in total. The van der Waals surface area contributed by atoms with Gasteiger partial charge in [-0.05, 0) is 61.5 Å². The number of allylic oxidation sites excluding steroid dienone is 2. The van der Waals surface area contributed by atoms with Crippen LogP contribution in [-0.2, 0) is 0 Å². The van der Waals surface area contributed by atoms with E-state index in [0.29, 0.717) is 38.5 Å². The van der Waals surface area contributed by atoms with Crippen molar-refractivity contribution in [1.82, 2.24) is 0 Å². The Morgan fingerprint density at radius 1 is 0.750 bits per heavy atom. The molecule has 2 aliphatic carbocycles. The number of hydrogen-bond acceptors (Lipinski definition) is 0. The van der Waals surface area contributed by atoms with Crippen molar-refractivity contribution in [2.24, 2.45) is 11.8 Å². The lowest BCUT2D eigenvalue weighted by Crippen LogP contribution is -2.12. The maximum atomic E-state index is 12.6. The third kappa shape index (κ3) is 2.02. The van der Waals surface area contributed by atoms with Gasteiger partial charge in [-0.15, -0.1) is 0 Å². The Kier molecular flexibility index (Phi) is 3.36. The van der Waals surface area contributed by atoms with Crippen molar-refractivity contribution in [2.75, 3.05) is 0 Å². The molecule has 2 saturated carbocycles. The molecule has 0 aromatic carbocycles. The van der Waals surface area contributed by atoms with Crippen LogP contribution in [0.4, 0.5) is 17.6 Å². The zero-order valence-electron chi connectivity index (χ0n) is 8.91. The first kappa shape index (κ1) is 11.7. The van der Waals surface area contributed by atoms with Gasteiger partial charge in [0.1, 0.15) is 0 Å². The minimum Gasteiger partial charge on any atom is -0.173 e. The van der Waals surface area contributed by atoms with Crippen LogP contribution in [0.1, 0.15) is 38.5 Å². The van der Waals surface area contributed by atoms with Crippen LogP contribution < -0.4 is 0 Å². The molecular formula is C12H14F4. The van der Waals surface area contributed by atoms with E-state index in [9.17, 15) is 17.6 Å². The average Bonchev–Trinajstić information content (AvgIpc) is 2.85. The predicted octanol–water partition coefficient (Wildman–Crippen LogP) is 4.89. The number of halogens is 4. The Labute approximate surface area is 92.0 Å². The van der Waals surface area contributed by atoms with Gasteiger partial charge in [-0.1, -0.05) is 0 Å². The monoisotopic (exact) mass is 234 g/mol. The Morgan fingerprint density at radius 2 is 1.12 bits per heavy atom. The quantitative estimate of drug-likeness (QED) is 0.567. The highest BCUT2D eigenvalue weighted by atomic mass is 19.3. The van der Waals surface area contributed by atoms with Gasteiger partial charge in [-0.3, -0.25) is 0 Å². The SMILES string of the molecule is FC(F)=C1CCC[C@@H]1[C@H]1CCCC1=C(F)F. The summed E-state index contributed by atoms with van der Waals surface area (Å²) in [7, 11) is 0. The zero-order valence-corrected chi connectivity index (χ0v) is 8.91. The molecule has 2 fully saturated rings. The Balaban J connectivity index is 2.25. The molecule has 0 aromatic heterocycles. The molecule has 2 atom stereocenters. The van der Waals surface area contributed by atoms with Crippen LogP contribution in [0.2, 0.25) is 0 Å². The largest absolute Gasteiger partial charge is 0.269 e. The summed E-state index contributed by atoms with van der Waals surface area (Å²) in [6.45, 7) is 0. The first-order chi connectivity index (χ1) is 7.61. The summed E-state index contributed by atoms with van der Waals surface area (Å²) in [5.74, 6) is -0.659. The van der Waals surface area contributed by atoms with Crippen molar-refractivity contribution in [1.29, 1.82) is 0 Å². The molecule has 0 radical (unpaired) electrons. The summed E-state index contributed by atoms with van der Waals surface area (Å²) in [6, 6.07) is 0. The predicted molar refractivity (Wildman–Crippen MR) is 53.2 cm³/mol. The highest BCUT2D eigenvalue weighted by Crippen LogP contribution is 2.48. The first-order valence-electron chi connectivity index (χ1n) is 5.69. The van der Waals surface area contributed by atoms with Crippen LogP contribution in [0.5, 0.6) is 0 Å². The fraction of sp³-hybridized carbons (Fsp3) is 0.667. The molecule has 0 amide bonds. The third-order valence-corrected chi connectivity index (χ3v) is 3.79. The van der Waals surface area contributed by atoms with Crippen molar-refractivity contribution < 1.29 is 17.6 Å². The van der Waals surface area contributed by atoms with E-state index in [1.165, 1.54) is 0 Å². The summed E-state index contributed by atoms with van der Waals surface area (Å²) < 4.78 is 50.6. The van der Waals surface area contributed by atoms with Gasteiger partial charge in [0.05, 0.1) is 0 Å². The molecule has 0 heterocycles. The van der Waals surface area contributed by atoms with E-state index < -0.39 is 12.2 Å². The van der Waals surface area contributed by atoms with E-state index in [1.807, 2.05) is 0 Å². The smallest absolute Gasteiger partial charge is 0.173 e. The summed E-state index contributed by atoms with van der Waals surface area (Å²) in [6.07, 6.45) is 0.141. The maximum Gasteiger partial charge on any atom is 0.269 e. The van der Waals surface area contributed by atoms with E-state index in [0.717, 1.165) is 0 Å². The van der Waals surface area contributed by atoms with Gasteiger partial charge in [-0.25, -0.2) is 0 Å². The molecule has 2 aliphatic rings. The zero-order chi connectivity index (χ0) is 11.7. The van der Waals surface area contributed by atoms with Crippen molar-refractivity contribution in [3.63, 3.8) is 0 Å². The molecule has 0 saturated heterocycles. The molecule has 0 aliphatic heterocycles. The van der Waals surface area contributed by atoms with E-state index in [2.05, 4.69) is 0 Å². The van der Waals surface area contributed by atoms with Gasteiger partial charge in [0.2, 0.25) is 0 Å². The molecule has 16 heavy (non-hydrogen) atoms. The second kappa shape index (κ2) is 4.60. The fourth-order valence-electron chi connectivity index (χ4n) is 3.10. The lowest BCUT2D eigenvalue weighted by Gasteiger charge is -2.20. The highest BCUT2D eigenvalue weighted by Gasteiger charge is 2.37. The Morgan fingerprint density at radius 3 is 1.44 bits per heavy atom. The fourth-order valence-corrected chi connectivity index (χ4v) is 3.10. The average molecular weight is 234 g/mol. The summed E-state index contributed by atoms with van der Waals surface area (Å²) in [5.41, 5.74) is 0.260. The summed E-state index contributed by atoms with van der Waals surface area (Å²) in [4.78, 5) is 0. The topological polar surface area (TPSA) is 0 Å². The molecule has 0 unspecified atom stereocenters. The van der Waals surface area contributed by atoms with Gasteiger partial charge in [0.25, 0.3) is 12.2 Å². The highest BCUT2D eigenvalue weighted by molar-refractivity contribution is 5.22. The molecular weight excluding hydrogens is 220 g/mol. The maximum absolute atomic E-state index is 12.6. The molecule has 2 rings (SSSR count). The standard InChI is InChI=1S/C12H14F4/c13-11(14)9-5-1-3-7(9)8-4-2-6-10(8)12(15)16/h7-8H,1-6H2/t7-,8-/m1/s1. The summed E-state index contributed by atoms with van der Waals surface area (Å²) >= 11 is 0. The number of hydrogen-bond donors (Lipinski definition) is 0. The van der Waals surface area contributed by atoms with Crippen LogP contribution in [0, 0.1) is 11.8 Å². The van der Waals surface area contributed by atoms with Gasteiger partial charge in [0.15, 0.2) is 0 Å². The van der Waals surface area contributed by atoms with E-state index >= 15 is 0 Å². The first-order valence-corrected chi connectivity index (χ1v) is 5.69. The Hall–Kier alpha value is -0.800. The molecule has 0 bridgehead atoms. The van der Waals surface area contributed by atoms with Crippen LogP contribution in [0.15, 0.2) is 23.3 Å². The van der Waals surface area contributed by atoms with Crippen LogP contribution in [0.3, 0.4) is 0 Å². The van der Waals surface area contributed by atoms with Crippen LogP contribution in [-0.4, -0.2) is 0 Å². The molecule has 0 nitrogen and oxygen atoms in total. The van der Waals surface area contributed by atoms with E-state index in [1.54, 1.807) is 0 Å². The molecule has 90 valence electrons. The van der Waals surface area contributed by atoms with Crippen LogP contribution >= 0.6 is 0 Å². The van der Waals surface area contributed by atoms with Crippen molar-refractivity contribution >= 4 is 0 Å². The minimum absolute atomic E-state index is 0.130. The normalized spacial score (nSPS) is 30.0. The minimum atomic E-state index is -1.65. The lowest BCUT2D eigenvalue weighted by atomic mass is 9.84. The summed E-state index contributed by atoms with van der Waals surface area (Å²) in [5, 5.41) is 0. The van der Waals surface area contributed by atoms with Gasteiger partial charge < -0.3 is 0 Å². The van der Waals surface area contributed by atoms with Gasteiger partial charge in [-0.2, -0.15) is 17.6 Å². The van der Waals surface area contributed by atoms with Crippen LogP contribution in [0.25, 0.3) is 0 Å². The number of rotatable bonds is 1. The van der Waals surface area contributed by atoms with Gasteiger partial charge >= 0.3 is 0 Å². The van der Waals surface area contributed by atoms with E-state index in [4.69, 9.17) is 0 Å².